The molecule has 0 bridgehead atoms. The van der Waals surface area contributed by atoms with Crippen molar-refractivity contribution in [3.05, 3.63) is 24.3 Å². The molecule has 1 unspecified atom stereocenters. The Kier molecular flexibility index (Phi) is 9.16. The van der Waals surface area contributed by atoms with Gasteiger partial charge in [0, 0.05) is 25.2 Å². The van der Waals surface area contributed by atoms with Crippen LogP contribution in [0.1, 0.15) is 19.8 Å². The van der Waals surface area contributed by atoms with Crippen LogP contribution in [-0.4, -0.2) is 31.5 Å². The van der Waals surface area contributed by atoms with Crippen molar-refractivity contribution in [2.75, 3.05) is 19.0 Å². The van der Waals surface area contributed by atoms with Crippen LogP contribution < -0.4 is 21.1 Å². The average molecular weight is 316 g/mol. The summed E-state index contributed by atoms with van der Waals surface area (Å²) in [6.45, 7) is 1.84. The van der Waals surface area contributed by atoms with Gasteiger partial charge in [-0.15, -0.1) is 12.4 Å². The Balaban J connectivity index is 0.00000400. The summed E-state index contributed by atoms with van der Waals surface area (Å²) < 4.78 is 5.26. The lowest BCUT2D eigenvalue weighted by Gasteiger charge is -2.08. The lowest BCUT2D eigenvalue weighted by atomic mass is 10.2. The molecular weight excluding hydrogens is 294 g/mol. The number of likely N-dealkylation sites (N-methyl/N-ethyl adjacent to an activating group) is 1. The van der Waals surface area contributed by atoms with Crippen molar-refractivity contribution in [3.63, 3.8) is 0 Å². The lowest BCUT2D eigenvalue weighted by Crippen LogP contribution is -2.24. The van der Waals surface area contributed by atoms with Crippen LogP contribution in [0.4, 0.5) is 5.69 Å². The molecule has 1 aromatic carbocycles. The average Bonchev–Trinajstić information content (AvgIpc) is 2.44. The van der Waals surface area contributed by atoms with E-state index in [0.717, 1.165) is 0 Å². The first-order valence-electron chi connectivity index (χ1n) is 6.50. The van der Waals surface area contributed by atoms with Gasteiger partial charge in [-0.1, -0.05) is 0 Å². The van der Waals surface area contributed by atoms with Gasteiger partial charge in [0.1, 0.15) is 5.75 Å². The van der Waals surface area contributed by atoms with Crippen molar-refractivity contribution in [2.45, 2.75) is 25.8 Å². The quantitative estimate of drug-likeness (QED) is 0.707. The fourth-order valence-corrected chi connectivity index (χ4v) is 1.44. The Hall–Kier alpha value is -1.79. The van der Waals surface area contributed by atoms with E-state index in [2.05, 4.69) is 10.6 Å². The van der Waals surface area contributed by atoms with E-state index in [0.29, 0.717) is 24.3 Å². The number of amides is 2. The highest BCUT2D eigenvalue weighted by molar-refractivity contribution is 5.90. The number of ether oxygens (including phenoxy) is 1. The number of nitrogens with one attached hydrogen (secondary N) is 2. The molecule has 1 atom stereocenters. The summed E-state index contributed by atoms with van der Waals surface area (Å²) in [5, 5.41) is 5.24. The maximum Gasteiger partial charge on any atom is 0.257 e. The minimum atomic E-state index is -0.196. The van der Waals surface area contributed by atoms with Crippen LogP contribution in [0.5, 0.6) is 5.75 Å². The van der Waals surface area contributed by atoms with Gasteiger partial charge in [-0.2, -0.15) is 0 Å². The van der Waals surface area contributed by atoms with Crippen LogP contribution in [0, 0.1) is 0 Å². The van der Waals surface area contributed by atoms with Gasteiger partial charge in [0.05, 0.1) is 0 Å². The van der Waals surface area contributed by atoms with Crippen LogP contribution >= 0.6 is 12.4 Å². The predicted molar refractivity (Wildman–Crippen MR) is 84.8 cm³/mol. The maximum absolute atomic E-state index is 11.6. The molecule has 0 spiro atoms. The maximum atomic E-state index is 11.6. The van der Waals surface area contributed by atoms with E-state index >= 15 is 0 Å². The molecule has 0 heterocycles. The highest BCUT2D eigenvalue weighted by Crippen LogP contribution is 2.16. The second kappa shape index (κ2) is 10.0. The molecule has 0 fully saturated rings. The summed E-state index contributed by atoms with van der Waals surface area (Å²) >= 11 is 0. The first kappa shape index (κ1) is 19.2. The molecule has 0 aliphatic rings. The van der Waals surface area contributed by atoms with Crippen LogP contribution in [-0.2, 0) is 9.59 Å². The van der Waals surface area contributed by atoms with Gasteiger partial charge in [-0.25, -0.2) is 0 Å². The van der Waals surface area contributed by atoms with Gasteiger partial charge in [0.2, 0.25) is 5.91 Å². The molecule has 2 amide bonds. The van der Waals surface area contributed by atoms with Crippen LogP contribution in [0.3, 0.4) is 0 Å². The Bertz CT molecular complexity index is 449. The highest BCUT2D eigenvalue weighted by Gasteiger charge is 2.05. The largest absolute Gasteiger partial charge is 0.484 e. The third-order valence-corrected chi connectivity index (χ3v) is 2.61. The van der Waals surface area contributed by atoms with Gasteiger partial charge < -0.3 is 21.1 Å². The molecule has 0 aliphatic carbocycles. The van der Waals surface area contributed by atoms with E-state index in [4.69, 9.17) is 10.5 Å². The molecule has 4 N–H and O–H groups in total. The standard InChI is InChI=1S/C14H21N3O3.ClH/c1-10(15)3-8-13(18)17-11-4-6-12(7-5-11)20-9-14(19)16-2;/h4-7,10H,3,8-9,15H2,1-2H3,(H,16,19)(H,17,18);1H. The summed E-state index contributed by atoms with van der Waals surface area (Å²) in [7, 11) is 1.55. The third kappa shape index (κ3) is 8.16. The topological polar surface area (TPSA) is 93.5 Å². The summed E-state index contributed by atoms with van der Waals surface area (Å²) in [5.74, 6) is 0.307. The van der Waals surface area contributed by atoms with Gasteiger partial charge in [-0.3, -0.25) is 9.59 Å². The Morgan fingerprint density at radius 3 is 2.38 bits per heavy atom. The monoisotopic (exact) mass is 315 g/mol. The van der Waals surface area contributed by atoms with Crippen molar-refractivity contribution in [3.8, 4) is 5.75 Å². The van der Waals surface area contributed by atoms with Crippen LogP contribution in [0.2, 0.25) is 0 Å². The molecule has 1 rings (SSSR count). The predicted octanol–water partition coefficient (Wildman–Crippen LogP) is 1.30. The van der Waals surface area contributed by atoms with Gasteiger partial charge in [-0.05, 0) is 37.6 Å². The number of halogens is 1. The first-order chi connectivity index (χ1) is 9.51. The Labute approximate surface area is 130 Å². The number of hydrogen-bond acceptors (Lipinski definition) is 4. The van der Waals surface area contributed by atoms with E-state index in [9.17, 15) is 9.59 Å². The molecule has 0 saturated carbocycles. The number of carbonyl (C=O) groups excluding carboxylic acids is 2. The minimum Gasteiger partial charge on any atom is -0.484 e. The molecule has 1 aromatic rings. The zero-order chi connectivity index (χ0) is 15.0. The summed E-state index contributed by atoms with van der Waals surface area (Å²) in [4.78, 5) is 22.6. The van der Waals surface area contributed by atoms with Crippen molar-refractivity contribution < 1.29 is 14.3 Å². The molecule has 0 saturated heterocycles. The lowest BCUT2D eigenvalue weighted by molar-refractivity contribution is -0.122. The molecular formula is C14H22ClN3O3. The minimum absolute atomic E-state index is 0. The number of anilines is 1. The molecule has 21 heavy (non-hydrogen) atoms. The third-order valence-electron chi connectivity index (χ3n) is 2.61. The van der Waals surface area contributed by atoms with E-state index in [1.807, 2.05) is 6.92 Å². The summed E-state index contributed by atoms with van der Waals surface area (Å²) in [5.41, 5.74) is 6.28. The zero-order valence-corrected chi connectivity index (χ0v) is 13.0. The first-order valence-corrected chi connectivity index (χ1v) is 6.50. The van der Waals surface area contributed by atoms with Crippen molar-refractivity contribution >= 4 is 29.9 Å². The number of carbonyl (C=O) groups is 2. The molecule has 0 aromatic heterocycles. The molecule has 0 aliphatic heterocycles. The fraction of sp³-hybridized carbons (Fsp3) is 0.429. The smallest absolute Gasteiger partial charge is 0.257 e. The van der Waals surface area contributed by atoms with E-state index < -0.39 is 0 Å². The molecule has 6 nitrogen and oxygen atoms in total. The highest BCUT2D eigenvalue weighted by atomic mass is 35.5. The number of rotatable bonds is 7. The molecule has 118 valence electrons. The number of hydrogen-bond donors (Lipinski definition) is 3. The molecule has 0 radical (unpaired) electrons. The molecule has 7 heteroatoms. The normalized spacial score (nSPS) is 11.0. The van der Waals surface area contributed by atoms with Gasteiger partial charge in [0.15, 0.2) is 6.61 Å². The Morgan fingerprint density at radius 1 is 1.24 bits per heavy atom. The second-order valence-electron chi connectivity index (χ2n) is 4.55. The number of benzene rings is 1. The van der Waals surface area contributed by atoms with E-state index in [1.54, 1.807) is 31.3 Å². The Morgan fingerprint density at radius 2 is 1.86 bits per heavy atom. The van der Waals surface area contributed by atoms with Crippen LogP contribution in [0.15, 0.2) is 24.3 Å². The van der Waals surface area contributed by atoms with Crippen molar-refractivity contribution in [1.82, 2.24) is 5.32 Å². The zero-order valence-electron chi connectivity index (χ0n) is 12.2. The second-order valence-corrected chi connectivity index (χ2v) is 4.55. The fourth-order valence-electron chi connectivity index (χ4n) is 1.44. The summed E-state index contributed by atoms with van der Waals surface area (Å²) in [6.07, 6.45) is 1.05. The SMILES string of the molecule is CNC(=O)COc1ccc(NC(=O)CCC(C)N)cc1.Cl. The van der Waals surface area contributed by atoms with Crippen molar-refractivity contribution in [1.29, 1.82) is 0 Å². The number of nitrogens with two attached hydrogens (primary N) is 1. The van der Waals surface area contributed by atoms with Crippen molar-refractivity contribution in [2.24, 2.45) is 5.73 Å². The van der Waals surface area contributed by atoms with E-state index in [1.165, 1.54) is 0 Å². The summed E-state index contributed by atoms with van der Waals surface area (Å²) in [6, 6.07) is 6.86. The van der Waals surface area contributed by atoms with Gasteiger partial charge >= 0.3 is 0 Å². The van der Waals surface area contributed by atoms with Crippen LogP contribution in [0.25, 0.3) is 0 Å². The van der Waals surface area contributed by atoms with E-state index in [-0.39, 0.29) is 36.9 Å². The van der Waals surface area contributed by atoms with Gasteiger partial charge in [0.25, 0.3) is 5.91 Å².